The molecule has 0 bridgehead atoms. The van der Waals surface area contributed by atoms with E-state index in [0.29, 0.717) is 0 Å². The molecule has 1 fully saturated rings. The van der Waals surface area contributed by atoms with Gasteiger partial charge in [0.25, 0.3) is 0 Å². The monoisotopic (exact) mass is 295 g/mol. The molecule has 20 heavy (non-hydrogen) atoms. The lowest BCUT2D eigenvalue weighted by Crippen LogP contribution is -2.61. The van der Waals surface area contributed by atoms with E-state index < -0.39 is 5.54 Å². The predicted molar refractivity (Wildman–Crippen MR) is 84.1 cm³/mol. The number of piperazine rings is 1. The van der Waals surface area contributed by atoms with E-state index in [1.807, 2.05) is 13.8 Å². The molecule has 1 aromatic rings. The second kappa shape index (κ2) is 6.70. The fraction of sp³-hybridized carbons (Fsp3) is 0.667. The standard InChI is InChI=1S/C15H25N3OS/c1-12(11-13-5-4-10-20-13)17-14(19)15(2,3)18-8-6-16-7-9-18/h4-5,10,12,16H,6-9,11H2,1-3H3,(H,17,19). The number of amides is 1. The summed E-state index contributed by atoms with van der Waals surface area (Å²) in [6.45, 7) is 9.89. The Morgan fingerprint density at radius 3 is 2.80 bits per heavy atom. The van der Waals surface area contributed by atoms with E-state index in [-0.39, 0.29) is 11.9 Å². The van der Waals surface area contributed by atoms with E-state index in [9.17, 15) is 4.79 Å². The van der Waals surface area contributed by atoms with Crippen LogP contribution >= 0.6 is 11.3 Å². The Morgan fingerprint density at radius 2 is 2.20 bits per heavy atom. The van der Waals surface area contributed by atoms with Gasteiger partial charge in [0.2, 0.25) is 5.91 Å². The predicted octanol–water partition coefficient (Wildman–Crippen LogP) is 1.48. The zero-order valence-corrected chi connectivity index (χ0v) is 13.4. The summed E-state index contributed by atoms with van der Waals surface area (Å²) >= 11 is 1.74. The van der Waals surface area contributed by atoms with Crippen LogP contribution in [0, 0.1) is 0 Å². The number of nitrogens with zero attached hydrogens (tertiary/aromatic N) is 1. The first-order valence-corrected chi connectivity index (χ1v) is 8.17. The molecule has 1 aliphatic rings. The van der Waals surface area contributed by atoms with Gasteiger partial charge in [-0.2, -0.15) is 0 Å². The van der Waals surface area contributed by atoms with E-state index in [1.165, 1.54) is 4.88 Å². The van der Waals surface area contributed by atoms with Crippen molar-refractivity contribution in [2.24, 2.45) is 0 Å². The fourth-order valence-corrected chi connectivity index (χ4v) is 3.38. The van der Waals surface area contributed by atoms with Gasteiger partial charge in [-0.25, -0.2) is 0 Å². The van der Waals surface area contributed by atoms with Crippen LogP contribution in [0.3, 0.4) is 0 Å². The minimum absolute atomic E-state index is 0.128. The normalized spacial score (nSPS) is 18.8. The van der Waals surface area contributed by atoms with Crippen molar-refractivity contribution in [1.82, 2.24) is 15.5 Å². The van der Waals surface area contributed by atoms with Crippen molar-refractivity contribution in [1.29, 1.82) is 0 Å². The van der Waals surface area contributed by atoms with Crippen molar-refractivity contribution >= 4 is 17.2 Å². The molecule has 0 aromatic carbocycles. The van der Waals surface area contributed by atoms with Crippen LogP contribution in [0.2, 0.25) is 0 Å². The molecule has 1 aromatic heterocycles. The van der Waals surface area contributed by atoms with Gasteiger partial charge in [0.1, 0.15) is 0 Å². The summed E-state index contributed by atoms with van der Waals surface area (Å²) in [6.07, 6.45) is 0.904. The molecule has 0 saturated carbocycles. The number of hydrogen-bond acceptors (Lipinski definition) is 4. The second-order valence-electron chi connectivity index (χ2n) is 5.95. The Bertz CT molecular complexity index is 424. The average molecular weight is 295 g/mol. The summed E-state index contributed by atoms with van der Waals surface area (Å²) in [5.74, 6) is 0.128. The van der Waals surface area contributed by atoms with Crippen molar-refractivity contribution in [2.45, 2.75) is 38.8 Å². The summed E-state index contributed by atoms with van der Waals surface area (Å²) in [5, 5.41) is 8.56. The van der Waals surface area contributed by atoms with Gasteiger partial charge in [-0.3, -0.25) is 9.69 Å². The van der Waals surface area contributed by atoms with E-state index >= 15 is 0 Å². The highest BCUT2D eigenvalue weighted by Crippen LogP contribution is 2.16. The zero-order valence-electron chi connectivity index (χ0n) is 12.6. The number of nitrogens with one attached hydrogen (secondary N) is 2. The van der Waals surface area contributed by atoms with Gasteiger partial charge in [0.05, 0.1) is 5.54 Å². The lowest BCUT2D eigenvalue weighted by Gasteiger charge is -2.40. The zero-order chi connectivity index (χ0) is 14.6. The quantitative estimate of drug-likeness (QED) is 0.865. The van der Waals surface area contributed by atoms with Gasteiger partial charge in [0, 0.05) is 43.5 Å². The molecule has 2 rings (SSSR count). The molecular formula is C15H25N3OS. The van der Waals surface area contributed by atoms with Crippen LogP contribution in [0.15, 0.2) is 17.5 Å². The topological polar surface area (TPSA) is 44.4 Å². The van der Waals surface area contributed by atoms with Crippen molar-refractivity contribution in [3.05, 3.63) is 22.4 Å². The second-order valence-corrected chi connectivity index (χ2v) is 6.99. The summed E-state index contributed by atoms with van der Waals surface area (Å²) in [6, 6.07) is 4.34. The molecule has 112 valence electrons. The van der Waals surface area contributed by atoms with Crippen LogP contribution in [-0.2, 0) is 11.2 Å². The Hall–Kier alpha value is -0.910. The third-order valence-corrected chi connectivity index (χ3v) is 4.83. The Kier molecular flexibility index (Phi) is 5.18. The lowest BCUT2D eigenvalue weighted by molar-refractivity contribution is -0.132. The fourth-order valence-electron chi connectivity index (χ4n) is 2.55. The van der Waals surface area contributed by atoms with Crippen molar-refractivity contribution in [3.63, 3.8) is 0 Å². The van der Waals surface area contributed by atoms with Gasteiger partial charge in [-0.1, -0.05) is 6.07 Å². The van der Waals surface area contributed by atoms with E-state index in [1.54, 1.807) is 11.3 Å². The van der Waals surface area contributed by atoms with Crippen molar-refractivity contribution < 1.29 is 4.79 Å². The maximum Gasteiger partial charge on any atom is 0.240 e. The van der Waals surface area contributed by atoms with Gasteiger partial charge in [-0.15, -0.1) is 11.3 Å². The number of carbonyl (C=O) groups is 1. The minimum atomic E-state index is -0.439. The summed E-state index contributed by atoms with van der Waals surface area (Å²) in [7, 11) is 0. The maximum atomic E-state index is 12.5. The average Bonchev–Trinajstić information content (AvgIpc) is 2.92. The van der Waals surface area contributed by atoms with Crippen LogP contribution in [0.1, 0.15) is 25.6 Å². The van der Waals surface area contributed by atoms with Crippen LogP contribution < -0.4 is 10.6 Å². The van der Waals surface area contributed by atoms with E-state index in [2.05, 4.69) is 40.0 Å². The minimum Gasteiger partial charge on any atom is -0.352 e. The molecule has 0 spiro atoms. The molecule has 5 heteroatoms. The SMILES string of the molecule is CC(Cc1cccs1)NC(=O)C(C)(C)N1CCNCC1. The highest BCUT2D eigenvalue weighted by molar-refractivity contribution is 7.09. The Morgan fingerprint density at radius 1 is 1.50 bits per heavy atom. The highest BCUT2D eigenvalue weighted by atomic mass is 32.1. The first-order chi connectivity index (χ1) is 9.50. The maximum absolute atomic E-state index is 12.5. The molecule has 0 radical (unpaired) electrons. The van der Waals surface area contributed by atoms with Crippen LogP contribution in [-0.4, -0.2) is 48.6 Å². The largest absolute Gasteiger partial charge is 0.352 e. The molecule has 0 aliphatic carbocycles. The summed E-state index contributed by atoms with van der Waals surface area (Å²) < 4.78 is 0. The molecular weight excluding hydrogens is 270 g/mol. The summed E-state index contributed by atoms with van der Waals surface area (Å²) in [4.78, 5) is 16.1. The molecule has 2 N–H and O–H groups in total. The van der Waals surface area contributed by atoms with Gasteiger partial charge in [0.15, 0.2) is 0 Å². The smallest absolute Gasteiger partial charge is 0.240 e. The third kappa shape index (κ3) is 3.81. The van der Waals surface area contributed by atoms with Gasteiger partial charge >= 0.3 is 0 Å². The molecule has 2 heterocycles. The molecule has 1 aliphatic heterocycles. The summed E-state index contributed by atoms with van der Waals surface area (Å²) in [5.41, 5.74) is -0.439. The Labute approximate surface area is 125 Å². The first kappa shape index (κ1) is 15.5. The van der Waals surface area contributed by atoms with Crippen LogP contribution in [0.5, 0.6) is 0 Å². The van der Waals surface area contributed by atoms with Gasteiger partial charge < -0.3 is 10.6 Å². The van der Waals surface area contributed by atoms with E-state index in [0.717, 1.165) is 32.6 Å². The number of hydrogen-bond donors (Lipinski definition) is 2. The molecule has 4 nitrogen and oxygen atoms in total. The van der Waals surface area contributed by atoms with Crippen LogP contribution in [0.25, 0.3) is 0 Å². The Balaban J connectivity index is 1.89. The number of thiophene rings is 1. The lowest BCUT2D eigenvalue weighted by atomic mass is 9.99. The van der Waals surface area contributed by atoms with Crippen molar-refractivity contribution in [2.75, 3.05) is 26.2 Å². The molecule has 1 amide bonds. The van der Waals surface area contributed by atoms with Crippen molar-refractivity contribution in [3.8, 4) is 0 Å². The first-order valence-electron chi connectivity index (χ1n) is 7.29. The molecule has 1 atom stereocenters. The highest BCUT2D eigenvalue weighted by Gasteiger charge is 2.35. The third-order valence-electron chi connectivity index (χ3n) is 3.93. The number of carbonyl (C=O) groups excluding carboxylic acids is 1. The molecule has 1 saturated heterocycles. The molecule has 1 unspecified atom stereocenters. The van der Waals surface area contributed by atoms with E-state index in [4.69, 9.17) is 0 Å². The van der Waals surface area contributed by atoms with Gasteiger partial charge in [-0.05, 0) is 32.2 Å². The van der Waals surface area contributed by atoms with Crippen LogP contribution in [0.4, 0.5) is 0 Å². The number of rotatable bonds is 5.